The number of rotatable bonds is 3. The van der Waals surface area contributed by atoms with Gasteiger partial charge in [0.1, 0.15) is 0 Å². The van der Waals surface area contributed by atoms with Crippen molar-refractivity contribution in [3.63, 3.8) is 0 Å². The number of benzene rings is 3. The molecule has 0 atom stereocenters. The van der Waals surface area contributed by atoms with Crippen molar-refractivity contribution in [3.05, 3.63) is 94.6 Å². The fraction of sp³-hybridized carbons (Fsp3) is 0. The average Bonchev–Trinajstić information content (AvgIpc) is 2.99. The van der Waals surface area contributed by atoms with Gasteiger partial charge >= 0.3 is 0 Å². The molecule has 3 aromatic carbocycles. The molecule has 0 saturated carbocycles. The highest BCUT2D eigenvalue weighted by molar-refractivity contribution is 9.10. The van der Waals surface area contributed by atoms with Crippen molar-refractivity contribution in [2.75, 3.05) is 0 Å². The predicted molar refractivity (Wildman–Crippen MR) is 107 cm³/mol. The second kappa shape index (κ2) is 6.50. The molecule has 0 bridgehead atoms. The van der Waals surface area contributed by atoms with Gasteiger partial charge in [0.25, 0.3) is 0 Å². The first-order valence-electron chi connectivity index (χ1n) is 7.91. The Labute approximate surface area is 149 Å². The summed E-state index contributed by atoms with van der Waals surface area (Å²) in [6.07, 6.45) is 4.30. The molecule has 0 unspecified atom stereocenters. The van der Waals surface area contributed by atoms with Gasteiger partial charge in [-0.2, -0.15) is 0 Å². The van der Waals surface area contributed by atoms with Crippen LogP contribution in [0.2, 0.25) is 0 Å². The maximum absolute atomic E-state index is 3.59. The van der Waals surface area contributed by atoms with E-state index in [1.807, 2.05) is 12.1 Å². The molecule has 1 aromatic heterocycles. The number of fused-ring (bicyclic) bond motifs is 1. The van der Waals surface area contributed by atoms with E-state index < -0.39 is 0 Å². The zero-order valence-corrected chi connectivity index (χ0v) is 14.6. The van der Waals surface area contributed by atoms with E-state index in [0.29, 0.717) is 0 Å². The van der Waals surface area contributed by atoms with Crippen LogP contribution in [0.1, 0.15) is 11.3 Å². The molecule has 1 nitrogen and oxygen atoms in total. The summed E-state index contributed by atoms with van der Waals surface area (Å²) >= 11 is 3.59. The highest BCUT2D eigenvalue weighted by Crippen LogP contribution is 2.35. The molecule has 0 spiro atoms. The maximum atomic E-state index is 3.59. The molecule has 4 aromatic rings. The highest BCUT2D eigenvalue weighted by Gasteiger charge is 2.11. The second-order valence-electron chi connectivity index (χ2n) is 5.71. The van der Waals surface area contributed by atoms with Crippen LogP contribution in [0.4, 0.5) is 0 Å². The number of halogens is 1. The Morgan fingerprint density at radius 1 is 0.750 bits per heavy atom. The molecule has 0 aliphatic heterocycles. The zero-order chi connectivity index (χ0) is 16.4. The Kier molecular flexibility index (Phi) is 4.06. The normalized spacial score (nSPS) is 11.4. The van der Waals surface area contributed by atoms with Crippen LogP contribution in [0.3, 0.4) is 0 Å². The number of hydrogen-bond donors (Lipinski definition) is 1. The Hall–Kier alpha value is -2.58. The van der Waals surface area contributed by atoms with E-state index in [1.165, 1.54) is 22.1 Å². The molecule has 0 amide bonds. The van der Waals surface area contributed by atoms with Crippen molar-refractivity contribution in [2.24, 2.45) is 0 Å². The third kappa shape index (κ3) is 2.93. The van der Waals surface area contributed by atoms with E-state index in [0.717, 1.165) is 15.7 Å². The first-order chi connectivity index (χ1) is 11.8. The van der Waals surface area contributed by atoms with Crippen molar-refractivity contribution in [1.29, 1.82) is 0 Å². The summed E-state index contributed by atoms with van der Waals surface area (Å²) < 4.78 is 1.09. The molecule has 0 aliphatic rings. The van der Waals surface area contributed by atoms with Gasteiger partial charge in [-0.05, 0) is 35.4 Å². The molecule has 116 valence electrons. The summed E-state index contributed by atoms with van der Waals surface area (Å²) in [6, 6.07) is 27.2. The summed E-state index contributed by atoms with van der Waals surface area (Å²) in [4.78, 5) is 3.55. The summed E-state index contributed by atoms with van der Waals surface area (Å²) in [5.74, 6) is 0. The van der Waals surface area contributed by atoms with Gasteiger partial charge in [-0.25, -0.2) is 0 Å². The monoisotopic (exact) mass is 373 g/mol. The smallest absolute Gasteiger partial charge is 0.0471 e. The first-order valence-corrected chi connectivity index (χ1v) is 8.70. The fourth-order valence-corrected chi connectivity index (χ4v) is 3.33. The van der Waals surface area contributed by atoms with Gasteiger partial charge in [0.15, 0.2) is 0 Å². The van der Waals surface area contributed by atoms with E-state index in [9.17, 15) is 0 Å². The van der Waals surface area contributed by atoms with Crippen LogP contribution in [0.25, 0.3) is 34.2 Å². The number of aromatic nitrogens is 1. The molecule has 0 aliphatic carbocycles. The third-order valence-corrected chi connectivity index (χ3v) is 4.59. The van der Waals surface area contributed by atoms with Crippen LogP contribution in [0.15, 0.2) is 83.3 Å². The van der Waals surface area contributed by atoms with Gasteiger partial charge in [-0.3, -0.25) is 0 Å². The SMILES string of the molecule is Brc1ccc2[nH]c(/C=C/c3ccccc3)c(-c3ccccc3)c2c1. The van der Waals surface area contributed by atoms with Gasteiger partial charge in [0.2, 0.25) is 0 Å². The van der Waals surface area contributed by atoms with Crippen LogP contribution in [-0.4, -0.2) is 4.98 Å². The molecule has 2 heteroatoms. The largest absolute Gasteiger partial charge is 0.354 e. The topological polar surface area (TPSA) is 15.8 Å². The van der Waals surface area contributed by atoms with Gasteiger partial charge < -0.3 is 4.98 Å². The minimum Gasteiger partial charge on any atom is -0.354 e. The van der Waals surface area contributed by atoms with E-state index in [1.54, 1.807) is 0 Å². The lowest BCUT2D eigenvalue weighted by molar-refractivity contribution is 1.43. The first kappa shape index (κ1) is 15.0. The minimum absolute atomic E-state index is 1.09. The molecule has 1 N–H and O–H groups in total. The molecule has 1 heterocycles. The average molecular weight is 374 g/mol. The summed E-state index contributed by atoms with van der Waals surface area (Å²) in [6.45, 7) is 0. The minimum atomic E-state index is 1.09. The summed E-state index contributed by atoms with van der Waals surface area (Å²) in [5.41, 5.74) is 5.91. The number of nitrogens with one attached hydrogen (secondary N) is 1. The molecular formula is C22H16BrN. The maximum Gasteiger partial charge on any atom is 0.0471 e. The molecule has 4 rings (SSSR count). The number of aromatic amines is 1. The van der Waals surface area contributed by atoms with E-state index in [4.69, 9.17) is 0 Å². The molecule has 24 heavy (non-hydrogen) atoms. The lowest BCUT2D eigenvalue weighted by Crippen LogP contribution is -1.80. The lowest BCUT2D eigenvalue weighted by Gasteiger charge is -2.02. The standard InChI is InChI=1S/C22H16BrN/c23-18-12-14-20-19(15-18)22(17-9-5-2-6-10-17)21(24-20)13-11-16-7-3-1-4-8-16/h1-15,24H/b13-11+. The Morgan fingerprint density at radius 3 is 2.21 bits per heavy atom. The van der Waals surface area contributed by atoms with Crippen LogP contribution in [-0.2, 0) is 0 Å². The lowest BCUT2D eigenvalue weighted by atomic mass is 10.0. The van der Waals surface area contributed by atoms with E-state index >= 15 is 0 Å². The fourth-order valence-electron chi connectivity index (χ4n) is 2.97. The predicted octanol–water partition coefficient (Wildman–Crippen LogP) is 6.77. The van der Waals surface area contributed by atoms with Crippen LogP contribution < -0.4 is 0 Å². The van der Waals surface area contributed by atoms with Crippen molar-refractivity contribution in [3.8, 4) is 11.1 Å². The Morgan fingerprint density at radius 2 is 1.46 bits per heavy atom. The highest BCUT2D eigenvalue weighted by atomic mass is 79.9. The van der Waals surface area contributed by atoms with Crippen molar-refractivity contribution >= 4 is 39.0 Å². The summed E-state index contributed by atoms with van der Waals surface area (Å²) in [7, 11) is 0. The van der Waals surface area contributed by atoms with Gasteiger partial charge in [-0.15, -0.1) is 0 Å². The molecule has 0 fully saturated rings. The van der Waals surface area contributed by atoms with Crippen LogP contribution in [0, 0.1) is 0 Å². The van der Waals surface area contributed by atoms with Crippen molar-refractivity contribution in [2.45, 2.75) is 0 Å². The zero-order valence-electron chi connectivity index (χ0n) is 13.0. The second-order valence-corrected chi connectivity index (χ2v) is 6.63. The van der Waals surface area contributed by atoms with Gasteiger partial charge in [-0.1, -0.05) is 82.7 Å². The number of H-pyrrole nitrogens is 1. The van der Waals surface area contributed by atoms with E-state index in [-0.39, 0.29) is 0 Å². The third-order valence-electron chi connectivity index (χ3n) is 4.09. The summed E-state index contributed by atoms with van der Waals surface area (Å²) in [5, 5.41) is 1.23. The number of hydrogen-bond acceptors (Lipinski definition) is 0. The molecular weight excluding hydrogens is 358 g/mol. The van der Waals surface area contributed by atoms with Gasteiger partial charge in [0.05, 0.1) is 0 Å². The Bertz CT molecular complexity index is 998. The van der Waals surface area contributed by atoms with E-state index in [2.05, 4.69) is 99.8 Å². The van der Waals surface area contributed by atoms with Crippen molar-refractivity contribution < 1.29 is 0 Å². The Balaban J connectivity index is 1.90. The van der Waals surface area contributed by atoms with Crippen molar-refractivity contribution in [1.82, 2.24) is 4.98 Å². The quantitative estimate of drug-likeness (QED) is 0.407. The van der Waals surface area contributed by atoms with Crippen LogP contribution >= 0.6 is 15.9 Å². The van der Waals surface area contributed by atoms with Crippen LogP contribution in [0.5, 0.6) is 0 Å². The molecule has 0 radical (unpaired) electrons. The molecule has 0 saturated heterocycles. The van der Waals surface area contributed by atoms with Gasteiger partial charge in [0, 0.05) is 26.6 Å².